The fourth-order valence-electron chi connectivity index (χ4n) is 4.25. The first-order valence-electron chi connectivity index (χ1n) is 11.2. The molecule has 0 spiro atoms. The SMILES string of the molecule is COc1ccc([C@@H](CC(=O)Nc2ccc3occc(=O)c3c2)c2c(O)cc(C)oc2=O)c(OC)c1OC. The Morgan fingerprint density at radius 3 is 2.43 bits per heavy atom. The normalized spacial score (nSPS) is 11.7. The van der Waals surface area contributed by atoms with E-state index < -0.39 is 17.5 Å². The largest absolute Gasteiger partial charge is 0.507 e. The number of hydrogen-bond donors (Lipinski definition) is 2. The first kappa shape index (κ1) is 25.4. The molecule has 2 aromatic carbocycles. The number of carbonyl (C=O) groups excluding carboxylic acids is 1. The topological polar surface area (TPSA) is 137 Å². The summed E-state index contributed by atoms with van der Waals surface area (Å²) in [5.41, 5.74) is -0.0518. The number of fused-ring (bicyclic) bond motifs is 1. The van der Waals surface area contributed by atoms with E-state index in [1.165, 1.54) is 52.7 Å². The molecule has 10 nitrogen and oxygen atoms in total. The molecule has 0 bridgehead atoms. The Labute approximate surface area is 211 Å². The second-order valence-electron chi connectivity index (χ2n) is 8.17. The number of hydrogen-bond acceptors (Lipinski definition) is 9. The van der Waals surface area contributed by atoms with E-state index in [4.69, 9.17) is 23.0 Å². The maximum absolute atomic E-state index is 13.2. The molecule has 2 heterocycles. The highest BCUT2D eigenvalue weighted by atomic mass is 16.5. The average molecular weight is 507 g/mol. The predicted octanol–water partition coefficient (Wildman–Crippen LogP) is 3.95. The molecule has 4 rings (SSSR count). The van der Waals surface area contributed by atoms with Gasteiger partial charge in [-0.15, -0.1) is 0 Å². The Hall–Kier alpha value is -4.73. The molecule has 0 aliphatic heterocycles. The lowest BCUT2D eigenvalue weighted by atomic mass is 9.87. The van der Waals surface area contributed by atoms with Gasteiger partial charge in [0, 0.05) is 35.7 Å². The monoisotopic (exact) mass is 507 g/mol. The van der Waals surface area contributed by atoms with E-state index in [1.54, 1.807) is 24.3 Å². The summed E-state index contributed by atoms with van der Waals surface area (Å²) in [4.78, 5) is 38.3. The van der Waals surface area contributed by atoms with Crippen molar-refractivity contribution in [2.75, 3.05) is 26.6 Å². The number of carbonyl (C=O) groups is 1. The van der Waals surface area contributed by atoms with Crippen molar-refractivity contribution in [3.8, 4) is 23.0 Å². The van der Waals surface area contributed by atoms with Crippen LogP contribution in [-0.4, -0.2) is 32.3 Å². The highest BCUT2D eigenvalue weighted by Crippen LogP contribution is 2.46. The second-order valence-corrected chi connectivity index (χ2v) is 8.17. The van der Waals surface area contributed by atoms with Crippen LogP contribution in [0, 0.1) is 6.92 Å². The molecule has 2 aromatic heterocycles. The lowest BCUT2D eigenvalue weighted by molar-refractivity contribution is -0.116. The van der Waals surface area contributed by atoms with Crippen LogP contribution in [0.15, 0.2) is 67.2 Å². The van der Waals surface area contributed by atoms with E-state index in [1.807, 2.05) is 0 Å². The third-order valence-electron chi connectivity index (χ3n) is 5.88. The van der Waals surface area contributed by atoms with Crippen LogP contribution in [0.3, 0.4) is 0 Å². The van der Waals surface area contributed by atoms with Gasteiger partial charge >= 0.3 is 5.63 Å². The van der Waals surface area contributed by atoms with Crippen molar-refractivity contribution >= 4 is 22.6 Å². The van der Waals surface area contributed by atoms with E-state index in [-0.39, 0.29) is 40.4 Å². The summed E-state index contributed by atoms with van der Waals surface area (Å²) in [6, 6.07) is 10.5. The number of ether oxygens (including phenoxy) is 3. The van der Waals surface area contributed by atoms with Crippen LogP contribution in [0.4, 0.5) is 5.69 Å². The molecule has 192 valence electrons. The van der Waals surface area contributed by atoms with Gasteiger partial charge in [-0.2, -0.15) is 0 Å². The molecule has 1 atom stereocenters. The fraction of sp³-hybridized carbons (Fsp3) is 0.222. The Morgan fingerprint density at radius 1 is 1.00 bits per heavy atom. The summed E-state index contributed by atoms with van der Waals surface area (Å²) in [5, 5.41) is 13.8. The molecule has 37 heavy (non-hydrogen) atoms. The summed E-state index contributed by atoms with van der Waals surface area (Å²) in [6.07, 6.45) is 1.01. The lowest BCUT2D eigenvalue weighted by Crippen LogP contribution is -2.21. The number of methoxy groups -OCH3 is 3. The van der Waals surface area contributed by atoms with Crippen LogP contribution >= 0.6 is 0 Å². The molecule has 10 heteroatoms. The molecule has 0 fully saturated rings. The summed E-state index contributed by atoms with van der Waals surface area (Å²) >= 11 is 0. The van der Waals surface area contributed by atoms with E-state index in [2.05, 4.69) is 5.32 Å². The van der Waals surface area contributed by atoms with E-state index in [9.17, 15) is 19.5 Å². The summed E-state index contributed by atoms with van der Waals surface area (Å²) < 4.78 is 26.9. The number of aryl methyl sites for hydroxylation is 1. The Kier molecular flexibility index (Phi) is 7.19. The molecule has 1 amide bonds. The van der Waals surface area contributed by atoms with Crippen LogP contribution in [0.5, 0.6) is 23.0 Å². The van der Waals surface area contributed by atoms with Crippen LogP contribution in [0.1, 0.15) is 29.2 Å². The van der Waals surface area contributed by atoms with E-state index >= 15 is 0 Å². The van der Waals surface area contributed by atoms with Gasteiger partial charge in [0.15, 0.2) is 16.9 Å². The third kappa shape index (κ3) is 4.99. The predicted molar refractivity (Wildman–Crippen MR) is 135 cm³/mol. The van der Waals surface area contributed by atoms with Gasteiger partial charge in [-0.05, 0) is 31.2 Å². The number of nitrogens with one attached hydrogen (secondary N) is 1. The van der Waals surface area contributed by atoms with Crippen molar-refractivity contribution in [1.29, 1.82) is 0 Å². The Morgan fingerprint density at radius 2 is 1.76 bits per heavy atom. The minimum Gasteiger partial charge on any atom is -0.507 e. The summed E-state index contributed by atoms with van der Waals surface area (Å²) in [7, 11) is 4.31. The summed E-state index contributed by atoms with van der Waals surface area (Å²) in [5.74, 6) is -0.748. The fourth-order valence-corrected chi connectivity index (χ4v) is 4.25. The standard InChI is InChI=1S/C27H25NO9/c1-14-11-20(30)24(27(32)37-14)17(16-6-8-22(33-2)26(35-4)25(16)34-3)13-23(31)28-15-5-7-21-18(12-15)19(29)9-10-36-21/h5-12,17,30H,13H2,1-4H3,(H,28,31)/t17-/m1/s1. The first-order valence-corrected chi connectivity index (χ1v) is 11.2. The molecule has 0 saturated carbocycles. The van der Waals surface area contributed by atoms with Crippen LogP contribution in [-0.2, 0) is 4.79 Å². The molecule has 0 unspecified atom stereocenters. The van der Waals surface area contributed by atoms with Crippen LogP contribution < -0.4 is 30.6 Å². The highest BCUT2D eigenvalue weighted by Gasteiger charge is 2.30. The zero-order valence-electron chi connectivity index (χ0n) is 20.6. The maximum Gasteiger partial charge on any atom is 0.343 e. The molecule has 0 radical (unpaired) electrons. The number of aromatic hydroxyl groups is 1. The second kappa shape index (κ2) is 10.5. The van der Waals surface area contributed by atoms with Gasteiger partial charge in [0.1, 0.15) is 17.1 Å². The van der Waals surface area contributed by atoms with Gasteiger partial charge < -0.3 is 33.5 Å². The lowest BCUT2D eigenvalue weighted by Gasteiger charge is -2.22. The van der Waals surface area contributed by atoms with E-state index in [0.717, 1.165) is 0 Å². The number of anilines is 1. The maximum atomic E-state index is 13.2. The Bertz CT molecular complexity index is 1590. The molecular weight excluding hydrogens is 482 g/mol. The Balaban J connectivity index is 1.79. The van der Waals surface area contributed by atoms with Crippen LogP contribution in [0.25, 0.3) is 11.0 Å². The zero-order valence-corrected chi connectivity index (χ0v) is 20.6. The molecule has 0 aliphatic rings. The van der Waals surface area contributed by atoms with Crippen molar-refractivity contribution in [2.45, 2.75) is 19.3 Å². The quantitative estimate of drug-likeness (QED) is 0.363. The van der Waals surface area contributed by atoms with Gasteiger partial charge in [-0.1, -0.05) is 6.07 Å². The average Bonchev–Trinajstić information content (AvgIpc) is 2.87. The molecule has 0 saturated heterocycles. The van der Waals surface area contributed by atoms with Gasteiger partial charge in [-0.3, -0.25) is 9.59 Å². The minimum absolute atomic E-state index is 0.120. The van der Waals surface area contributed by atoms with E-state index in [0.29, 0.717) is 28.0 Å². The molecule has 0 aliphatic carbocycles. The highest BCUT2D eigenvalue weighted by molar-refractivity contribution is 5.94. The third-order valence-corrected chi connectivity index (χ3v) is 5.88. The number of benzene rings is 2. The minimum atomic E-state index is -0.989. The first-order chi connectivity index (χ1) is 17.8. The zero-order chi connectivity index (χ0) is 26.7. The van der Waals surface area contributed by atoms with Gasteiger partial charge in [0.05, 0.1) is 38.5 Å². The van der Waals surface area contributed by atoms with Crippen molar-refractivity contribution < 1.29 is 32.9 Å². The smallest absolute Gasteiger partial charge is 0.343 e. The number of rotatable bonds is 8. The van der Waals surface area contributed by atoms with Gasteiger partial charge in [-0.25, -0.2) is 4.79 Å². The molecule has 2 N–H and O–H groups in total. The van der Waals surface area contributed by atoms with Gasteiger partial charge in [0.25, 0.3) is 0 Å². The molecule has 4 aromatic rings. The van der Waals surface area contributed by atoms with Crippen LogP contribution in [0.2, 0.25) is 0 Å². The molecular formula is C27H25NO9. The van der Waals surface area contributed by atoms with Gasteiger partial charge in [0.2, 0.25) is 11.7 Å². The van der Waals surface area contributed by atoms with Crippen molar-refractivity contribution in [2.24, 2.45) is 0 Å². The number of amides is 1. The van der Waals surface area contributed by atoms with Crippen molar-refractivity contribution in [3.05, 3.63) is 86.3 Å². The van der Waals surface area contributed by atoms with Crippen molar-refractivity contribution in [1.82, 2.24) is 0 Å². The summed E-state index contributed by atoms with van der Waals surface area (Å²) in [6.45, 7) is 1.53. The van der Waals surface area contributed by atoms with Crippen molar-refractivity contribution in [3.63, 3.8) is 0 Å².